The van der Waals surface area contributed by atoms with E-state index in [1.54, 1.807) is 0 Å². The SMILES string of the molecule is O=C1NCC(CCOc2ccccc2)O1. The molecule has 0 radical (unpaired) electrons. The Morgan fingerprint density at radius 1 is 1.40 bits per heavy atom. The van der Waals surface area contributed by atoms with Gasteiger partial charge in [-0.1, -0.05) is 18.2 Å². The molecule has 1 saturated heterocycles. The van der Waals surface area contributed by atoms with Gasteiger partial charge in [0, 0.05) is 6.42 Å². The number of rotatable bonds is 4. The molecular formula is C11H13NO3. The van der Waals surface area contributed by atoms with E-state index in [0.29, 0.717) is 19.6 Å². The minimum absolute atomic E-state index is 0.0544. The van der Waals surface area contributed by atoms with Gasteiger partial charge < -0.3 is 14.8 Å². The molecule has 0 bridgehead atoms. The van der Waals surface area contributed by atoms with Crippen LogP contribution in [0.2, 0.25) is 0 Å². The molecule has 2 rings (SSSR count). The van der Waals surface area contributed by atoms with E-state index < -0.39 is 0 Å². The largest absolute Gasteiger partial charge is 0.493 e. The van der Waals surface area contributed by atoms with Gasteiger partial charge in [-0.05, 0) is 12.1 Å². The summed E-state index contributed by atoms with van der Waals surface area (Å²) in [5, 5.41) is 2.60. The normalized spacial score (nSPS) is 19.5. The number of alkyl carbamates (subject to hydrolysis) is 1. The van der Waals surface area contributed by atoms with Crippen LogP contribution in [0.15, 0.2) is 30.3 Å². The minimum atomic E-state index is -0.334. The van der Waals surface area contributed by atoms with Gasteiger partial charge in [0.05, 0.1) is 13.2 Å². The van der Waals surface area contributed by atoms with Crippen LogP contribution >= 0.6 is 0 Å². The molecule has 0 saturated carbocycles. The van der Waals surface area contributed by atoms with Crippen molar-refractivity contribution in [3.05, 3.63) is 30.3 Å². The summed E-state index contributed by atoms with van der Waals surface area (Å²) in [6, 6.07) is 9.59. The smallest absolute Gasteiger partial charge is 0.407 e. The van der Waals surface area contributed by atoms with Crippen LogP contribution in [0.3, 0.4) is 0 Å². The van der Waals surface area contributed by atoms with Crippen LogP contribution in [0.5, 0.6) is 5.75 Å². The van der Waals surface area contributed by atoms with Gasteiger partial charge in [0.2, 0.25) is 0 Å². The number of nitrogens with one attached hydrogen (secondary N) is 1. The summed E-state index contributed by atoms with van der Waals surface area (Å²) < 4.78 is 10.5. The zero-order valence-corrected chi connectivity index (χ0v) is 8.31. The van der Waals surface area contributed by atoms with Gasteiger partial charge in [-0.2, -0.15) is 0 Å². The van der Waals surface area contributed by atoms with E-state index in [0.717, 1.165) is 5.75 Å². The molecule has 0 spiro atoms. The minimum Gasteiger partial charge on any atom is -0.493 e. The van der Waals surface area contributed by atoms with Crippen molar-refractivity contribution in [1.29, 1.82) is 0 Å². The molecule has 1 amide bonds. The summed E-state index contributed by atoms with van der Waals surface area (Å²) >= 11 is 0. The average Bonchev–Trinajstić information content (AvgIpc) is 2.66. The molecule has 4 heteroatoms. The molecular weight excluding hydrogens is 194 g/mol. The summed E-state index contributed by atoms with van der Waals surface area (Å²) in [5.74, 6) is 0.842. The van der Waals surface area contributed by atoms with E-state index in [-0.39, 0.29) is 12.2 Å². The van der Waals surface area contributed by atoms with Crippen molar-refractivity contribution in [2.75, 3.05) is 13.2 Å². The number of ether oxygens (including phenoxy) is 2. The lowest BCUT2D eigenvalue weighted by molar-refractivity contribution is 0.124. The Bertz CT molecular complexity index is 326. The highest BCUT2D eigenvalue weighted by Gasteiger charge is 2.21. The van der Waals surface area contributed by atoms with Crippen molar-refractivity contribution < 1.29 is 14.3 Å². The number of para-hydroxylation sites is 1. The van der Waals surface area contributed by atoms with E-state index in [9.17, 15) is 4.79 Å². The molecule has 0 aromatic heterocycles. The Labute approximate surface area is 88.2 Å². The van der Waals surface area contributed by atoms with Crippen molar-refractivity contribution in [2.24, 2.45) is 0 Å². The molecule has 4 nitrogen and oxygen atoms in total. The molecule has 1 unspecified atom stereocenters. The fourth-order valence-electron chi connectivity index (χ4n) is 1.42. The monoisotopic (exact) mass is 207 g/mol. The molecule has 1 aromatic rings. The van der Waals surface area contributed by atoms with Crippen molar-refractivity contribution in [1.82, 2.24) is 5.32 Å². The first-order valence-corrected chi connectivity index (χ1v) is 4.97. The lowest BCUT2D eigenvalue weighted by atomic mass is 10.3. The van der Waals surface area contributed by atoms with E-state index in [1.807, 2.05) is 30.3 Å². The van der Waals surface area contributed by atoms with Gasteiger partial charge in [-0.3, -0.25) is 0 Å². The lowest BCUT2D eigenvalue weighted by Crippen LogP contribution is -2.17. The first kappa shape index (κ1) is 9.83. The van der Waals surface area contributed by atoms with Gasteiger partial charge >= 0.3 is 6.09 Å². The molecule has 1 N–H and O–H groups in total. The van der Waals surface area contributed by atoms with Crippen LogP contribution in [0.4, 0.5) is 4.79 Å². The van der Waals surface area contributed by atoms with Gasteiger partial charge in [0.1, 0.15) is 11.9 Å². The fourth-order valence-corrected chi connectivity index (χ4v) is 1.42. The first-order valence-electron chi connectivity index (χ1n) is 4.97. The number of cyclic esters (lactones) is 1. The molecule has 1 aliphatic rings. The molecule has 1 heterocycles. The molecule has 1 aromatic carbocycles. The third kappa shape index (κ3) is 2.87. The third-order valence-corrected chi connectivity index (χ3v) is 2.20. The van der Waals surface area contributed by atoms with Crippen molar-refractivity contribution in [2.45, 2.75) is 12.5 Å². The van der Waals surface area contributed by atoms with E-state index in [4.69, 9.17) is 9.47 Å². The van der Waals surface area contributed by atoms with Crippen molar-refractivity contribution in [3.8, 4) is 5.75 Å². The van der Waals surface area contributed by atoms with Crippen LogP contribution < -0.4 is 10.1 Å². The molecule has 1 atom stereocenters. The zero-order valence-electron chi connectivity index (χ0n) is 8.31. The van der Waals surface area contributed by atoms with Crippen LogP contribution in [0.25, 0.3) is 0 Å². The average molecular weight is 207 g/mol. The number of carbonyl (C=O) groups excluding carboxylic acids is 1. The predicted octanol–water partition coefficient (Wildman–Crippen LogP) is 1.56. The Morgan fingerprint density at radius 2 is 2.20 bits per heavy atom. The number of benzene rings is 1. The second kappa shape index (κ2) is 4.68. The maximum Gasteiger partial charge on any atom is 0.407 e. The van der Waals surface area contributed by atoms with Crippen LogP contribution in [0, 0.1) is 0 Å². The fraction of sp³-hybridized carbons (Fsp3) is 0.364. The van der Waals surface area contributed by atoms with Crippen LogP contribution in [-0.2, 0) is 4.74 Å². The summed E-state index contributed by atoms with van der Waals surface area (Å²) in [4.78, 5) is 10.7. The summed E-state index contributed by atoms with van der Waals surface area (Å²) in [7, 11) is 0. The third-order valence-electron chi connectivity index (χ3n) is 2.20. The second-order valence-corrected chi connectivity index (χ2v) is 3.36. The molecule has 1 aliphatic heterocycles. The van der Waals surface area contributed by atoms with Gasteiger partial charge in [0.25, 0.3) is 0 Å². The summed E-state index contributed by atoms with van der Waals surface area (Å²) in [6.07, 6.45) is 0.328. The van der Waals surface area contributed by atoms with Crippen LogP contribution in [-0.4, -0.2) is 25.3 Å². The summed E-state index contributed by atoms with van der Waals surface area (Å²) in [6.45, 7) is 1.14. The molecule has 15 heavy (non-hydrogen) atoms. The quantitative estimate of drug-likeness (QED) is 0.815. The number of hydrogen-bond acceptors (Lipinski definition) is 3. The summed E-state index contributed by atoms with van der Waals surface area (Å²) in [5.41, 5.74) is 0. The number of carbonyl (C=O) groups is 1. The highest BCUT2D eigenvalue weighted by atomic mass is 16.6. The van der Waals surface area contributed by atoms with Crippen LogP contribution in [0.1, 0.15) is 6.42 Å². The Morgan fingerprint density at radius 3 is 2.87 bits per heavy atom. The Hall–Kier alpha value is -1.71. The van der Waals surface area contributed by atoms with Gasteiger partial charge in [0.15, 0.2) is 0 Å². The van der Waals surface area contributed by atoms with E-state index in [1.165, 1.54) is 0 Å². The Kier molecular flexibility index (Phi) is 3.07. The standard InChI is InChI=1S/C11H13NO3/c13-11-12-8-10(15-11)6-7-14-9-4-2-1-3-5-9/h1-5,10H,6-8H2,(H,12,13). The van der Waals surface area contributed by atoms with Crippen molar-refractivity contribution in [3.63, 3.8) is 0 Å². The first-order chi connectivity index (χ1) is 7.34. The predicted molar refractivity (Wildman–Crippen MR) is 54.8 cm³/mol. The molecule has 80 valence electrons. The lowest BCUT2D eigenvalue weighted by Gasteiger charge is -2.09. The molecule has 0 aliphatic carbocycles. The van der Waals surface area contributed by atoms with E-state index >= 15 is 0 Å². The van der Waals surface area contributed by atoms with E-state index in [2.05, 4.69) is 5.32 Å². The molecule has 1 fully saturated rings. The van der Waals surface area contributed by atoms with Gasteiger partial charge in [-0.15, -0.1) is 0 Å². The zero-order chi connectivity index (χ0) is 10.5. The highest BCUT2D eigenvalue weighted by molar-refractivity contribution is 5.69. The van der Waals surface area contributed by atoms with Gasteiger partial charge in [-0.25, -0.2) is 4.79 Å². The number of hydrogen-bond donors (Lipinski definition) is 1. The maximum atomic E-state index is 10.7. The maximum absolute atomic E-state index is 10.7. The Balaban J connectivity index is 1.69. The second-order valence-electron chi connectivity index (χ2n) is 3.36. The topological polar surface area (TPSA) is 47.6 Å². The highest BCUT2D eigenvalue weighted by Crippen LogP contribution is 2.10. The van der Waals surface area contributed by atoms with Crippen molar-refractivity contribution >= 4 is 6.09 Å². The number of amides is 1.